The first-order valence-electron chi connectivity index (χ1n) is 10.2. The summed E-state index contributed by atoms with van der Waals surface area (Å²) in [4.78, 5) is 17.4. The molecule has 0 saturated carbocycles. The quantitative estimate of drug-likeness (QED) is 0.751. The van der Waals surface area contributed by atoms with Crippen LogP contribution >= 0.6 is 0 Å². The normalized spacial score (nSPS) is 19.6. The SMILES string of the molecule is O=C(c1ccc(F)c(F)c1)N(CCCN1CCCCCC1)C1CCOCC1. The van der Waals surface area contributed by atoms with Crippen LogP contribution in [-0.4, -0.2) is 61.1 Å². The van der Waals surface area contributed by atoms with E-state index in [0.29, 0.717) is 19.8 Å². The van der Waals surface area contributed by atoms with Gasteiger partial charge in [-0.2, -0.15) is 0 Å². The number of hydrogen-bond donors (Lipinski definition) is 0. The molecule has 6 heteroatoms. The Bertz CT molecular complexity index is 612. The summed E-state index contributed by atoms with van der Waals surface area (Å²) in [5.74, 6) is -2.11. The van der Waals surface area contributed by atoms with Gasteiger partial charge in [-0.25, -0.2) is 8.78 Å². The molecule has 2 aliphatic heterocycles. The van der Waals surface area contributed by atoms with Gasteiger partial charge in [-0.15, -0.1) is 0 Å². The molecule has 2 fully saturated rings. The molecular formula is C21H30F2N2O2. The Kier molecular flexibility index (Phi) is 7.59. The molecule has 1 amide bonds. The monoisotopic (exact) mass is 380 g/mol. The van der Waals surface area contributed by atoms with Gasteiger partial charge in [-0.05, 0) is 69.9 Å². The lowest BCUT2D eigenvalue weighted by Gasteiger charge is -2.35. The van der Waals surface area contributed by atoms with Crippen LogP contribution in [0.5, 0.6) is 0 Å². The number of hydrogen-bond acceptors (Lipinski definition) is 3. The number of rotatable bonds is 6. The molecule has 2 aliphatic rings. The van der Waals surface area contributed by atoms with Crippen LogP contribution in [0.15, 0.2) is 18.2 Å². The lowest BCUT2D eigenvalue weighted by Crippen LogP contribution is -2.44. The molecule has 1 aromatic carbocycles. The van der Waals surface area contributed by atoms with Crippen molar-refractivity contribution in [3.63, 3.8) is 0 Å². The van der Waals surface area contributed by atoms with Gasteiger partial charge in [0.1, 0.15) is 0 Å². The summed E-state index contributed by atoms with van der Waals surface area (Å²) in [6.45, 7) is 5.16. The number of ether oxygens (including phenoxy) is 1. The van der Waals surface area contributed by atoms with Crippen molar-refractivity contribution in [3.05, 3.63) is 35.4 Å². The summed E-state index contributed by atoms with van der Waals surface area (Å²) in [7, 11) is 0. The van der Waals surface area contributed by atoms with Crippen molar-refractivity contribution in [2.45, 2.75) is 51.0 Å². The highest BCUT2D eigenvalue weighted by molar-refractivity contribution is 5.94. The van der Waals surface area contributed by atoms with Gasteiger partial charge < -0.3 is 14.5 Å². The van der Waals surface area contributed by atoms with Crippen LogP contribution < -0.4 is 0 Å². The summed E-state index contributed by atoms with van der Waals surface area (Å²) in [6.07, 6.45) is 7.58. The predicted octanol–water partition coefficient (Wildman–Crippen LogP) is 3.85. The lowest BCUT2D eigenvalue weighted by atomic mass is 10.0. The number of carbonyl (C=O) groups excluding carboxylic acids is 1. The van der Waals surface area contributed by atoms with Crippen LogP contribution in [0.1, 0.15) is 55.3 Å². The maximum Gasteiger partial charge on any atom is 0.254 e. The van der Waals surface area contributed by atoms with Crippen molar-refractivity contribution >= 4 is 5.91 Å². The first-order chi connectivity index (χ1) is 13.1. The molecule has 150 valence electrons. The predicted molar refractivity (Wildman–Crippen MR) is 101 cm³/mol. The molecular weight excluding hydrogens is 350 g/mol. The zero-order chi connectivity index (χ0) is 19.1. The molecule has 4 nitrogen and oxygen atoms in total. The molecule has 0 aromatic heterocycles. The van der Waals surface area contributed by atoms with Crippen molar-refractivity contribution in [1.82, 2.24) is 9.80 Å². The molecule has 2 heterocycles. The summed E-state index contributed by atoms with van der Waals surface area (Å²) in [5.41, 5.74) is 0.218. The highest BCUT2D eigenvalue weighted by Gasteiger charge is 2.27. The molecule has 3 rings (SSSR count). The Balaban J connectivity index is 1.64. The molecule has 0 radical (unpaired) electrons. The van der Waals surface area contributed by atoms with Gasteiger partial charge in [0.25, 0.3) is 5.91 Å². The Hall–Kier alpha value is -1.53. The number of halogens is 2. The van der Waals surface area contributed by atoms with E-state index in [0.717, 1.165) is 51.0 Å². The zero-order valence-electron chi connectivity index (χ0n) is 16.0. The molecule has 0 bridgehead atoms. The minimum atomic E-state index is -0.975. The van der Waals surface area contributed by atoms with Gasteiger partial charge in [-0.1, -0.05) is 12.8 Å². The van der Waals surface area contributed by atoms with Crippen molar-refractivity contribution < 1.29 is 18.3 Å². The average molecular weight is 380 g/mol. The van der Waals surface area contributed by atoms with Crippen LogP contribution in [0.25, 0.3) is 0 Å². The Morgan fingerprint density at radius 1 is 1.07 bits per heavy atom. The second kappa shape index (κ2) is 10.1. The third-order valence-electron chi connectivity index (χ3n) is 5.63. The fraction of sp³-hybridized carbons (Fsp3) is 0.667. The number of nitrogens with zero attached hydrogens (tertiary/aromatic N) is 2. The Morgan fingerprint density at radius 3 is 2.44 bits per heavy atom. The van der Waals surface area contributed by atoms with E-state index in [1.807, 2.05) is 4.90 Å². The summed E-state index contributed by atoms with van der Waals surface area (Å²) < 4.78 is 32.3. The fourth-order valence-corrected chi connectivity index (χ4v) is 4.07. The number of carbonyl (C=O) groups is 1. The molecule has 0 aliphatic carbocycles. The largest absolute Gasteiger partial charge is 0.381 e. The van der Waals surface area contributed by atoms with E-state index in [-0.39, 0.29) is 17.5 Å². The van der Waals surface area contributed by atoms with Crippen LogP contribution in [0.4, 0.5) is 8.78 Å². The van der Waals surface area contributed by atoms with Gasteiger partial charge in [-0.3, -0.25) is 4.79 Å². The average Bonchev–Trinajstić information content (AvgIpc) is 2.96. The van der Waals surface area contributed by atoms with E-state index in [2.05, 4.69) is 4.90 Å². The fourth-order valence-electron chi connectivity index (χ4n) is 4.07. The second-order valence-corrected chi connectivity index (χ2v) is 7.58. The summed E-state index contributed by atoms with van der Waals surface area (Å²) >= 11 is 0. The molecule has 1 aromatic rings. The van der Waals surface area contributed by atoms with Crippen LogP contribution in [-0.2, 0) is 4.74 Å². The van der Waals surface area contributed by atoms with Crippen LogP contribution in [0.3, 0.4) is 0 Å². The van der Waals surface area contributed by atoms with E-state index in [4.69, 9.17) is 4.74 Å². The van der Waals surface area contributed by atoms with Gasteiger partial charge in [0, 0.05) is 31.4 Å². The van der Waals surface area contributed by atoms with Gasteiger partial charge >= 0.3 is 0 Å². The first kappa shape index (κ1) is 20.2. The smallest absolute Gasteiger partial charge is 0.254 e. The molecule has 0 unspecified atom stereocenters. The van der Waals surface area contributed by atoms with Gasteiger partial charge in [0.2, 0.25) is 0 Å². The molecule has 0 N–H and O–H groups in total. The molecule has 2 saturated heterocycles. The topological polar surface area (TPSA) is 32.8 Å². The Labute approximate surface area is 160 Å². The maximum atomic E-state index is 13.6. The highest BCUT2D eigenvalue weighted by atomic mass is 19.2. The minimum Gasteiger partial charge on any atom is -0.381 e. The van der Waals surface area contributed by atoms with Gasteiger partial charge in [0.05, 0.1) is 0 Å². The van der Waals surface area contributed by atoms with E-state index >= 15 is 0 Å². The number of amides is 1. The van der Waals surface area contributed by atoms with E-state index < -0.39 is 11.6 Å². The molecule has 27 heavy (non-hydrogen) atoms. The summed E-state index contributed by atoms with van der Waals surface area (Å²) in [5, 5.41) is 0. The standard InChI is InChI=1S/C21H30F2N2O2/c22-19-7-6-17(16-20(19)23)21(26)25(18-8-14-27-15-9-18)13-5-12-24-10-3-1-2-4-11-24/h6-7,16,18H,1-5,8-15H2. The molecule has 0 spiro atoms. The first-order valence-corrected chi connectivity index (χ1v) is 10.2. The van der Waals surface area contributed by atoms with Gasteiger partial charge in [0.15, 0.2) is 11.6 Å². The third kappa shape index (κ3) is 5.72. The van der Waals surface area contributed by atoms with Crippen LogP contribution in [0, 0.1) is 11.6 Å². The maximum absolute atomic E-state index is 13.6. The third-order valence-corrected chi connectivity index (χ3v) is 5.63. The lowest BCUT2D eigenvalue weighted by molar-refractivity contribution is 0.0280. The Morgan fingerprint density at radius 2 is 1.78 bits per heavy atom. The van der Waals surface area contributed by atoms with Crippen molar-refractivity contribution in [1.29, 1.82) is 0 Å². The minimum absolute atomic E-state index is 0.100. The van der Waals surface area contributed by atoms with E-state index in [1.54, 1.807) is 0 Å². The van der Waals surface area contributed by atoms with E-state index in [9.17, 15) is 13.6 Å². The number of benzene rings is 1. The highest BCUT2D eigenvalue weighted by Crippen LogP contribution is 2.20. The summed E-state index contributed by atoms with van der Waals surface area (Å²) in [6, 6.07) is 3.52. The van der Waals surface area contributed by atoms with E-state index in [1.165, 1.54) is 31.7 Å². The second-order valence-electron chi connectivity index (χ2n) is 7.58. The van der Waals surface area contributed by atoms with Crippen molar-refractivity contribution in [3.8, 4) is 0 Å². The van der Waals surface area contributed by atoms with Crippen molar-refractivity contribution in [2.24, 2.45) is 0 Å². The zero-order valence-corrected chi connectivity index (χ0v) is 16.0. The number of likely N-dealkylation sites (tertiary alicyclic amines) is 1. The van der Waals surface area contributed by atoms with Crippen LogP contribution in [0.2, 0.25) is 0 Å². The van der Waals surface area contributed by atoms with Crippen molar-refractivity contribution in [2.75, 3.05) is 39.4 Å². The molecule has 0 atom stereocenters.